The summed E-state index contributed by atoms with van der Waals surface area (Å²) >= 11 is 1.74. The number of para-hydroxylation sites is 1. The van der Waals surface area contributed by atoms with Crippen LogP contribution in [0, 0.1) is 0 Å². The molecule has 17 heavy (non-hydrogen) atoms. The van der Waals surface area contributed by atoms with Crippen LogP contribution in [0.15, 0.2) is 24.3 Å². The molecule has 0 atom stereocenters. The first kappa shape index (κ1) is 10.5. The smallest absolute Gasteiger partial charge is 0.129 e. The SMILES string of the molecule is COc1ccccc1-c1nc2c(s1)=CCCC=2. The summed E-state index contributed by atoms with van der Waals surface area (Å²) in [5.41, 5.74) is 1.08. The number of fused-ring (bicyclic) bond motifs is 1. The Morgan fingerprint density at radius 2 is 2.00 bits per heavy atom. The molecule has 2 nitrogen and oxygen atoms in total. The standard InChI is InChI=1S/C14H13NOS/c1-16-12-8-4-2-6-10(12)14-15-11-7-3-5-9-13(11)17-14/h2,4,6-9H,3,5H2,1H3. The van der Waals surface area contributed by atoms with E-state index in [0.29, 0.717) is 0 Å². The predicted octanol–water partition coefficient (Wildman–Crippen LogP) is 2.17. The van der Waals surface area contributed by atoms with Crippen LogP contribution in [0.5, 0.6) is 5.75 Å². The Balaban J connectivity index is 2.20. The van der Waals surface area contributed by atoms with Crippen LogP contribution in [-0.4, -0.2) is 12.1 Å². The molecule has 0 spiro atoms. The van der Waals surface area contributed by atoms with Crippen LogP contribution in [0.3, 0.4) is 0 Å². The highest BCUT2D eigenvalue weighted by Crippen LogP contribution is 2.28. The van der Waals surface area contributed by atoms with Gasteiger partial charge in [-0.15, -0.1) is 11.3 Å². The predicted molar refractivity (Wildman–Crippen MR) is 71.5 cm³/mol. The molecule has 1 aliphatic rings. The fourth-order valence-electron chi connectivity index (χ4n) is 2.01. The number of ether oxygens (including phenoxy) is 1. The molecular weight excluding hydrogens is 230 g/mol. The second kappa shape index (κ2) is 4.34. The topological polar surface area (TPSA) is 22.1 Å². The molecule has 3 heteroatoms. The Bertz CT molecular complexity index is 624. The van der Waals surface area contributed by atoms with Crippen molar-refractivity contribution in [1.82, 2.24) is 4.98 Å². The summed E-state index contributed by atoms with van der Waals surface area (Å²) in [5, 5.41) is 2.17. The fourth-order valence-corrected chi connectivity index (χ4v) is 3.07. The Hall–Kier alpha value is -1.61. The third-order valence-electron chi connectivity index (χ3n) is 2.85. The zero-order valence-electron chi connectivity index (χ0n) is 9.64. The number of aromatic nitrogens is 1. The summed E-state index contributed by atoms with van der Waals surface area (Å²) in [6.45, 7) is 0. The number of rotatable bonds is 2. The van der Waals surface area contributed by atoms with Crippen LogP contribution in [0.25, 0.3) is 22.7 Å². The van der Waals surface area contributed by atoms with Gasteiger partial charge in [0.15, 0.2) is 0 Å². The van der Waals surface area contributed by atoms with Crippen molar-refractivity contribution in [2.45, 2.75) is 12.8 Å². The van der Waals surface area contributed by atoms with Gasteiger partial charge in [0.25, 0.3) is 0 Å². The van der Waals surface area contributed by atoms with E-state index in [1.54, 1.807) is 18.4 Å². The van der Waals surface area contributed by atoms with Gasteiger partial charge in [0, 0.05) is 0 Å². The van der Waals surface area contributed by atoms with Crippen LogP contribution >= 0.6 is 11.3 Å². The zero-order chi connectivity index (χ0) is 11.7. The van der Waals surface area contributed by atoms with Gasteiger partial charge in [-0.3, -0.25) is 0 Å². The first-order chi connectivity index (χ1) is 8.38. The van der Waals surface area contributed by atoms with E-state index in [1.165, 1.54) is 4.53 Å². The molecule has 86 valence electrons. The van der Waals surface area contributed by atoms with Gasteiger partial charge in [0.2, 0.25) is 0 Å². The van der Waals surface area contributed by atoms with E-state index < -0.39 is 0 Å². The van der Waals surface area contributed by atoms with Gasteiger partial charge in [-0.1, -0.05) is 24.3 Å². The van der Waals surface area contributed by atoms with E-state index in [-0.39, 0.29) is 0 Å². The first-order valence-electron chi connectivity index (χ1n) is 5.69. The highest BCUT2D eigenvalue weighted by atomic mass is 32.1. The van der Waals surface area contributed by atoms with E-state index >= 15 is 0 Å². The van der Waals surface area contributed by atoms with Crippen molar-refractivity contribution in [2.24, 2.45) is 0 Å². The second-order valence-corrected chi connectivity index (χ2v) is 4.99. The molecule has 0 amide bonds. The quantitative estimate of drug-likeness (QED) is 0.806. The Morgan fingerprint density at radius 3 is 2.82 bits per heavy atom. The molecule has 3 rings (SSSR count). The molecule has 0 aliphatic heterocycles. The number of nitrogens with zero attached hydrogens (tertiary/aromatic N) is 1. The van der Waals surface area contributed by atoms with Crippen LogP contribution in [0.2, 0.25) is 0 Å². The van der Waals surface area contributed by atoms with Crippen molar-refractivity contribution in [3.05, 3.63) is 34.1 Å². The third kappa shape index (κ3) is 1.87. The van der Waals surface area contributed by atoms with Crippen molar-refractivity contribution < 1.29 is 4.74 Å². The van der Waals surface area contributed by atoms with Gasteiger partial charge >= 0.3 is 0 Å². The van der Waals surface area contributed by atoms with Crippen molar-refractivity contribution in [1.29, 1.82) is 0 Å². The average molecular weight is 243 g/mol. The number of benzene rings is 1. The Morgan fingerprint density at radius 1 is 1.18 bits per heavy atom. The van der Waals surface area contributed by atoms with Crippen LogP contribution in [0.4, 0.5) is 0 Å². The van der Waals surface area contributed by atoms with Crippen molar-refractivity contribution in [3.8, 4) is 16.3 Å². The Labute approximate surface area is 104 Å². The summed E-state index contributed by atoms with van der Waals surface area (Å²) in [6.07, 6.45) is 6.71. The molecule has 2 aromatic rings. The third-order valence-corrected chi connectivity index (χ3v) is 3.95. The molecule has 0 fully saturated rings. The normalized spacial score (nSPS) is 13.5. The number of hydrogen-bond acceptors (Lipinski definition) is 3. The number of thiazole rings is 1. The molecule has 0 N–H and O–H groups in total. The fraction of sp³-hybridized carbons (Fsp3) is 0.214. The highest BCUT2D eigenvalue weighted by molar-refractivity contribution is 7.13. The lowest BCUT2D eigenvalue weighted by Crippen LogP contribution is -2.22. The molecular formula is C14H13NOS. The van der Waals surface area contributed by atoms with Crippen LogP contribution in [-0.2, 0) is 0 Å². The van der Waals surface area contributed by atoms with Gasteiger partial charge in [-0.25, -0.2) is 4.98 Å². The molecule has 1 aliphatic carbocycles. The summed E-state index contributed by atoms with van der Waals surface area (Å²) < 4.78 is 6.67. The zero-order valence-corrected chi connectivity index (χ0v) is 10.5. The summed E-state index contributed by atoms with van der Waals surface area (Å²) in [7, 11) is 1.70. The molecule has 1 heterocycles. The van der Waals surface area contributed by atoms with Crippen molar-refractivity contribution in [2.75, 3.05) is 7.11 Å². The largest absolute Gasteiger partial charge is 0.496 e. The van der Waals surface area contributed by atoms with Gasteiger partial charge in [0.05, 0.1) is 22.6 Å². The van der Waals surface area contributed by atoms with E-state index in [4.69, 9.17) is 4.74 Å². The lowest BCUT2D eigenvalue weighted by molar-refractivity contribution is 0.416. The number of methoxy groups -OCH3 is 1. The summed E-state index contributed by atoms with van der Waals surface area (Å²) in [4.78, 5) is 4.68. The summed E-state index contributed by atoms with van der Waals surface area (Å²) in [6, 6.07) is 8.03. The molecule has 1 aromatic heterocycles. The molecule has 0 saturated carbocycles. The first-order valence-corrected chi connectivity index (χ1v) is 6.51. The maximum atomic E-state index is 5.38. The van der Waals surface area contributed by atoms with E-state index in [0.717, 1.165) is 34.5 Å². The molecule has 1 aromatic carbocycles. The van der Waals surface area contributed by atoms with Gasteiger partial charge < -0.3 is 4.74 Å². The molecule has 0 saturated heterocycles. The summed E-state index contributed by atoms with van der Waals surface area (Å²) in [5.74, 6) is 0.888. The van der Waals surface area contributed by atoms with Gasteiger partial charge in [-0.2, -0.15) is 0 Å². The monoisotopic (exact) mass is 243 g/mol. The van der Waals surface area contributed by atoms with E-state index in [1.807, 2.05) is 18.2 Å². The maximum Gasteiger partial charge on any atom is 0.129 e. The van der Waals surface area contributed by atoms with E-state index in [9.17, 15) is 0 Å². The lowest BCUT2D eigenvalue weighted by atomic mass is 10.2. The van der Waals surface area contributed by atoms with Crippen molar-refractivity contribution in [3.63, 3.8) is 0 Å². The maximum absolute atomic E-state index is 5.38. The van der Waals surface area contributed by atoms with Gasteiger partial charge in [0.1, 0.15) is 10.8 Å². The molecule has 0 bridgehead atoms. The lowest BCUT2D eigenvalue weighted by Gasteiger charge is -2.04. The minimum Gasteiger partial charge on any atom is -0.496 e. The second-order valence-electron chi connectivity index (χ2n) is 3.95. The molecule has 0 radical (unpaired) electrons. The van der Waals surface area contributed by atoms with E-state index in [2.05, 4.69) is 23.2 Å². The van der Waals surface area contributed by atoms with Crippen LogP contribution in [0.1, 0.15) is 12.8 Å². The minimum absolute atomic E-state index is 0.888. The highest BCUT2D eigenvalue weighted by Gasteiger charge is 2.09. The van der Waals surface area contributed by atoms with Gasteiger partial charge in [-0.05, 0) is 25.0 Å². The van der Waals surface area contributed by atoms with Crippen LogP contribution < -0.4 is 14.6 Å². The van der Waals surface area contributed by atoms with Crippen molar-refractivity contribution >= 4 is 23.5 Å². The molecule has 0 unspecified atom stereocenters. The average Bonchev–Trinajstić information content (AvgIpc) is 2.82. The number of hydrogen-bond donors (Lipinski definition) is 0. The minimum atomic E-state index is 0.888. The Kier molecular flexibility index (Phi) is 2.69.